The summed E-state index contributed by atoms with van der Waals surface area (Å²) in [4.78, 5) is 29.4. The maximum Gasteiger partial charge on any atom is 0.317 e. The van der Waals surface area contributed by atoms with Crippen LogP contribution >= 0.6 is 24.8 Å². The van der Waals surface area contributed by atoms with E-state index in [9.17, 15) is 9.59 Å². The molecule has 1 aliphatic heterocycles. The number of amidine groups is 1. The van der Waals surface area contributed by atoms with Gasteiger partial charge >= 0.3 is 12.0 Å². The van der Waals surface area contributed by atoms with E-state index in [1.165, 1.54) is 32.1 Å². The van der Waals surface area contributed by atoms with E-state index in [1.807, 2.05) is 29.2 Å². The minimum absolute atomic E-state index is 0. The Bertz CT molecular complexity index is 848. The average Bonchev–Trinajstić information content (AvgIpc) is 2.88. The molecule has 1 heterocycles. The van der Waals surface area contributed by atoms with Gasteiger partial charge in [-0.3, -0.25) is 10.2 Å². The maximum absolute atomic E-state index is 12.8. The molecule has 1 saturated heterocycles. The summed E-state index contributed by atoms with van der Waals surface area (Å²) in [6.07, 6.45) is 9.45. The lowest BCUT2D eigenvalue weighted by atomic mass is 9.86. The number of anilines is 1. The second kappa shape index (κ2) is 14.5. The van der Waals surface area contributed by atoms with Crippen LogP contribution in [0.4, 0.5) is 10.5 Å². The molecule has 4 rings (SSSR count). The molecule has 1 aromatic rings. The molecule has 0 spiro atoms. The van der Waals surface area contributed by atoms with Crippen molar-refractivity contribution < 1.29 is 14.3 Å². The first-order valence-electron chi connectivity index (χ1n) is 12.9. The van der Waals surface area contributed by atoms with Crippen LogP contribution in [0.2, 0.25) is 0 Å². The number of urea groups is 1. The van der Waals surface area contributed by atoms with E-state index in [-0.39, 0.29) is 54.6 Å². The standard InChI is InChI=1S/C26H39N5O3.2ClH/c27-24(28)20-8-12-23(13-9-20)30-14-16-31(17-15-30)26(33)29-22-10-6-21(7-11-22)25(32)34-18-19-4-2-1-3-5-19;;/h8-9,12-13,19,21-22H,1-7,10-11,14-18H2,(H3,27,28)(H,29,33);2*1H. The largest absolute Gasteiger partial charge is 0.465 e. The molecule has 8 nitrogen and oxygen atoms in total. The van der Waals surface area contributed by atoms with Crippen LogP contribution in [0.15, 0.2) is 24.3 Å². The summed E-state index contributed by atoms with van der Waals surface area (Å²) in [5, 5.41) is 10.7. The molecule has 4 N–H and O–H groups in total. The molecule has 2 saturated carbocycles. The Labute approximate surface area is 227 Å². The topological polar surface area (TPSA) is 112 Å². The van der Waals surface area contributed by atoms with E-state index in [4.69, 9.17) is 15.9 Å². The van der Waals surface area contributed by atoms with Gasteiger partial charge in [0, 0.05) is 43.5 Å². The molecule has 0 aromatic heterocycles. The number of halogens is 2. The van der Waals surface area contributed by atoms with E-state index < -0.39 is 0 Å². The number of rotatable bonds is 6. The van der Waals surface area contributed by atoms with Crippen molar-refractivity contribution in [1.29, 1.82) is 5.41 Å². The zero-order valence-electron chi connectivity index (χ0n) is 21.0. The molecule has 3 aliphatic rings. The molecule has 10 heteroatoms. The average molecular weight is 543 g/mol. The Morgan fingerprint density at radius 3 is 2.11 bits per heavy atom. The number of hydrogen-bond acceptors (Lipinski definition) is 5. The Hall–Kier alpha value is -2.19. The summed E-state index contributed by atoms with van der Waals surface area (Å²) in [6, 6.07) is 7.80. The zero-order valence-corrected chi connectivity index (χ0v) is 22.6. The van der Waals surface area contributed by atoms with Crippen molar-refractivity contribution in [3.8, 4) is 0 Å². The molecule has 36 heavy (non-hydrogen) atoms. The monoisotopic (exact) mass is 541 g/mol. The number of benzene rings is 1. The van der Waals surface area contributed by atoms with Crippen molar-refractivity contribution in [2.24, 2.45) is 17.6 Å². The van der Waals surface area contributed by atoms with E-state index in [2.05, 4.69) is 10.2 Å². The van der Waals surface area contributed by atoms with Crippen LogP contribution in [0.1, 0.15) is 63.4 Å². The van der Waals surface area contributed by atoms with Crippen molar-refractivity contribution in [3.63, 3.8) is 0 Å². The molecule has 2 amide bonds. The first-order chi connectivity index (χ1) is 16.5. The highest BCUT2D eigenvalue weighted by Crippen LogP contribution is 2.28. The summed E-state index contributed by atoms with van der Waals surface area (Å²) in [5.41, 5.74) is 7.33. The Kier molecular flexibility index (Phi) is 12.1. The summed E-state index contributed by atoms with van der Waals surface area (Å²) in [6.45, 7) is 3.47. The summed E-state index contributed by atoms with van der Waals surface area (Å²) in [5.74, 6) is 0.560. The van der Waals surface area contributed by atoms with Crippen LogP contribution < -0.4 is 16.0 Å². The predicted molar refractivity (Wildman–Crippen MR) is 148 cm³/mol. The number of carbonyl (C=O) groups excluding carboxylic acids is 2. The smallest absolute Gasteiger partial charge is 0.317 e. The van der Waals surface area contributed by atoms with Gasteiger partial charge in [-0.1, -0.05) is 19.3 Å². The number of amides is 2. The molecule has 3 fully saturated rings. The van der Waals surface area contributed by atoms with Crippen molar-refractivity contribution >= 4 is 48.3 Å². The first kappa shape index (κ1) is 30.0. The highest BCUT2D eigenvalue weighted by molar-refractivity contribution is 5.95. The van der Waals surface area contributed by atoms with Gasteiger partial charge in [0.05, 0.1) is 12.5 Å². The van der Waals surface area contributed by atoms with Gasteiger partial charge in [0.1, 0.15) is 5.84 Å². The Balaban J connectivity index is 0.00000228. The molecule has 0 unspecified atom stereocenters. The number of ether oxygens (including phenoxy) is 1. The van der Waals surface area contributed by atoms with Gasteiger partial charge in [-0.2, -0.15) is 0 Å². The highest BCUT2D eigenvalue weighted by Gasteiger charge is 2.30. The number of nitrogens with one attached hydrogen (secondary N) is 2. The fourth-order valence-corrected chi connectivity index (χ4v) is 5.43. The lowest BCUT2D eigenvalue weighted by Gasteiger charge is -2.37. The molecular formula is C26H41Cl2N5O3. The maximum atomic E-state index is 12.8. The van der Waals surface area contributed by atoms with Gasteiger partial charge in [-0.05, 0) is 68.7 Å². The molecule has 2 aliphatic carbocycles. The normalized spacial score (nSPS) is 22.6. The number of hydrogen-bond donors (Lipinski definition) is 3. The Morgan fingerprint density at radius 1 is 0.917 bits per heavy atom. The minimum Gasteiger partial charge on any atom is -0.465 e. The number of esters is 1. The first-order valence-corrected chi connectivity index (χ1v) is 12.9. The number of piperazine rings is 1. The minimum atomic E-state index is -0.0391. The van der Waals surface area contributed by atoms with Gasteiger partial charge < -0.3 is 25.6 Å². The third-order valence-electron chi connectivity index (χ3n) is 7.68. The van der Waals surface area contributed by atoms with Crippen LogP contribution in [0, 0.1) is 17.2 Å². The fraction of sp³-hybridized carbons (Fsp3) is 0.654. The van der Waals surface area contributed by atoms with E-state index in [0.29, 0.717) is 31.2 Å². The molecule has 0 atom stereocenters. The number of nitrogens with two attached hydrogens (primary N) is 1. The fourth-order valence-electron chi connectivity index (χ4n) is 5.43. The number of carbonyl (C=O) groups is 2. The third kappa shape index (κ3) is 8.17. The summed E-state index contributed by atoms with van der Waals surface area (Å²) >= 11 is 0. The highest BCUT2D eigenvalue weighted by atomic mass is 35.5. The van der Waals surface area contributed by atoms with Crippen LogP contribution in [0.3, 0.4) is 0 Å². The van der Waals surface area contributed by atoms with Crippen LogP contribution in [0.5, 0.6) is 0 Å². The Morgan fingerprint density at radius 2 is 1.53 bits per heavy atom. The third-order valence-corrected chi connectivity index (χ3v) is 7.68. The van der Waals surface area contributed by atoms with E-state index in [1.54, 1.807) is 0 Å². The van der Waals surface area contributed by atoms with Crippen LogP contribution in [0.25, 0.3) is 0 Å². The van der Waals surface area contributed by atoms with Gasteiger partial charge in [0.2, 0.25) is 0 Å². The molecule has 0 radical (unpaired) electrons. The van der Waals surface area contributed by atoms with Crippen molar-refractivity contribution in [3.05, 3.63) is 29.8 Å². The number of nitrogens with zero attached hydrogens (tertiary/aromatic N) is 2. The van der Waals surface area contributed by atoms with Crippen LogP contribution in [-0.2, 0) is 9.53 Å². The van der Waals surface area contributed by atoms with Crippen molar-refractivity contribution in [2.45, 2.75) is 63.8 Å². The van der Waals surface area contributed by atoms with E-state index >= 15 is 0 Å². The zero-order chi connectivity index (χ0) is 23.9. The molecular weight excluding hydrogens is 501 g/mol. The van der Waals surface area contributed by atoms with Gasteiger partial charge in [0.25, 0.3) is 0 Å². The van der Waals surface area contributed by atoms with Gasteiger partial charge in [-0.15, -0.1) is 24.8 Å². The van der Waals surface area contributed by atoms with Crippen molar-refractivity contribution in [1.82, 2.24) is 10.2 Å². The summed E-state index contributed by atoms with van der Waals surface area (Å²) < 4.78 is 5.64. The predicted octanol–water partition coefficient (Wildman–Crippen LogP) is 4.33. The summed E-state index contributed by atoms with van der Waals surface area (Å²) in [7, 11) is 0. The van der Waals surface area contributed by atoms with Gasteiger partial charge in [-0.25, -0.2) is 4.79 Å². The second-order valence-corrected chi connectivity index (χ2v) is 10.1. The molecule has 1 aromatic carbocycles. The van der Waals surface area contributed by atoms with E-state index in [0.717, 1.165) is 44.5 Å². The number of nitrogen functional groups attached to an aromatic ring is 1. The van der Waals surface area contributed by atoms with Crippen LogP contribution in [-0.4, -0.2) is 61.6 Å². The molecule has 202 valence electrons. The quantitative estimate of drug-likeness (QED) is 0.282. The SMILES string of the molecule is Cl.Cl.N=C(N)c1ccc(N2CCN(C(=O)NC3CCC(C(=O)OCC4CCCCC4)CC3)CC2)cc1. The van der Waals surface area contributed by atoms with Crippen molar-refractivity contribution in [2.75, 3.05) is 37.7 Å². The second-order valence-electron chi connectivity index (χ2n) is 10.1. The molecule has 0 bridgehead atoms. The lowest BCUT2D eigenvalue weighted by molar-refractivity contribution is -0.151. The van der Waals surface area contributed by atoms with Gasteiger partial charge in [0.15, 0.2) is 0 Å². The lowest BCUT2D eigenvalue weighted by Crippen LogP contribution is -2.54.